The van der Waals surface area contributed by atoms with Crippen molar-refractivity contribution in [2.75, 3.05) is 0 Å². The van der Waals surface area contributed by atoms with Gasteiger partial charge in [0.2, 0.25) is 0 Å². The van der Waals surface area contributed by atoms with Crippen LogP contribution >= 0.6 is 0 Å². The topological polar surface area (TPSA) is 30.7 Å². The van der Waals surface area contributed by atoms with E-state index in [1.165, 1.54) is 10.8 Å². The summed E-state index contributed by atoms with van der Waals surface area (Å²) >= 11 is 0. The third-order valence-corrected chi connectivity index (χ3v) is 3.89. The van der Waals surface area contributed by atoms with Gasteiger partial charge in [-0.3, -0.25) is 0 Å². The van der Waals surface area contributed by atoms with Crippen LogP contribution in [0.5, 0.6) is 0 Å². The Bertz CT molecular complexity index is 967. The second-order valence-electron chi connectivity index (χ2n) is 5.31. The second kappa shape index (κ2) is 4.42. The molecule has 3 nitrogen and oxygen atoms in total. The van der Waals surface area contributed by atoms with E-state index in [1.54, 1.807) is 0 Å². The molecule has 21 heavy (non-hydrogen) atoms. The molecule has 0 aliphatic rings. The highest BCUT2D eigenvalue weighted by atomic mass is 15.1. The van der Waals surface area contributed by atoms with Crippen molar-refractivity contribution in [3.63, 3.8) is 0 Å². The van der Waals surface area contributed by atoms with Gasteiger partial charge < -0.3 is 4.57 Å². The molecule has 0 aliphatic heterocycles. The van der Waals surface area contributed by atoms with Gasteiger partial charge in [0.1, 0.15) is 5.69 Å². The summed E-state index contributed by atoms with van der Waals surface area (Å²) in [6, 6.07) is 18.7. The molecule has 0 N–H and O–H groups in total. The van der Waals surface area contributed by atoms with E-state index >= 15 is 0 Å². The second-order valence-corrected chi connectivity index (χ2v) is 5.31. The van der Waals surface area contributed by atoms with E-state index < -0.39 is 0 Å². The fourth-order valence-corrected chi connectivity index (χ4v) is 2.82. The number of aryl methyl sites for hydroxylation is 2. The average Bonchev–Trinajstić information content (AvgIpc) is 2.85. The van der Waals surface area contributed by atoms with Crippen LogP contribution in [0.2, 0.25) is 0 Å². The van der Waals surface area contributed by atoms with Crippen molar-refractivity contribution in [3.05, 3.63) is 60.3 Å². The van der Waals surface area contributed by atoms with Gasteiger partial charge >= 0.3 is 0 Å². The van der Waals surface area contributed by atoms with Crippen molar-refractivity contribution >= 4 is 21.8 Å². The first-order valence-corrected chi connectivity index (χ1v) is 7.02. The maximum absolute atomic E-state index is 4.85. The molecule has 0 amide bonds. The Kier molecular flexibility index (Phi) is 2.54. The molecule has 0 radical (unpaired) electrons. The highest BCUT2D eigenvalue weighted by Crippen LogP contribution is 2.28. The molecule has 0 aliphatic carbocycles. The van der Waals surface area contributed by atoms with Crippen molar-refractivity contribution in [1.82, 2.24) is 14.5 Å². The van der Waals surface area contributed by atoms with Crippen LogP contribution in [0.25, 0.3) is 33.3 Å². The van der Waals surface area contributed by atoms with Crippen molar-refractivity contribution in [2.24, 2.45) is 7.05 Å². The Morgan fingerprint density at radius 2 is 1.71 bits per heavy atom. The average molecular weight is 273 g/mol. The van der Waals surface area contributed by atoms with Crippen LogP contribution in [-0.2, 0) is 7.05 Å². The van der Waals surface area contributed by atoms with Gasteiger partial charge in [-0.1, -0.05) is 36.4 Å². The summed E-state index contributed by atoms with van der Waals surface area (Å²) in [7, 11) is 2.05. The van der Waals surface area contributed by atoms with Gasteiger partial charge in [-0.05, 0) is 30.5 Å². The predicted molar refractivity (Wildman–Crippen MR) is 86.2 cm³/mol. The van der Waals surface area contributed by atoms with E-state index in [4.69, 9.17) is 4.98 Å². The first-order chi connectivity index (χ1) is 10.2. The van der Waals surface area contributed by atoms with Crippen LogP contribution in [-0.4, -0.2) is 14.5 Å². The third kappa shape index (κ3) is 1.82. The van der Waals surface area contributed by atoms with Gasteiger partial charge in [0.25, 0.3) is 0 Å². The molecule has 102 valence electrons. The normalized spacial score (nSPS) is 11.3. The number of rotatable bonds is 1. The van der Waals surface area contributed by atoms with Gasteiger partial charge in [-0.15, -0.1) is 0 Å². The summed E-state index contributed by atoms with van der Waals surface area (Å²) in [4.78, 5) is 9.45. The molecule has 3 heteroatoms. The Morgan fingerprint density at radius 1 is 0.857 bits per heavy atom. The van der Waals surface area contributed by atoms with Gasteiger partial charge in [0, 0.05) is 18.1 Å². The molecule has 2 heterocycles. The SMILES string of the molecule is Cc1cccc(-c2nc3c4ccccc4ccc3n2C)n1. The van der Waals surface area contributed by atoms with E-state index in [2.05, 4.69) is 45.9 Å². The van der Waals surface area contributed by atoms with Crippen molar-refractivity contribution in [2.45, 2.75) is 6.92 Å². The summed E-state index contributed by atoms with van der Waals surface area (Å²) in [6.45, 7) is 2.00. The molecule has 0 atom stereocenters. The molecule has 4 rings (SSSR count). The van der Waals surface area contributed by atoms with Crippen LogP contribution in [0.1, 0.15) is 5.69 Å². The minimum absolute atomic E-state index is 0.907. The number of imidazole rings is 1. The van der Waals surface area contributed by atoms with E-state index in [0.29, 0.717) is 0 Å². The van der Waals surface area contributed by atoms with Crippen molar-refractivity contribution in [3.8, 4) is 11.5 Å². The zero-order chi connectivity index (χ0) is 14.4. The lowest BCUT2D eigenvalue weighted by Gasteiger charge is -2.02. The van der Waals surface area contributed by atoms with Crippen LogP contribution in [0.4, 0.5) is 0 Å². The summed E-state index contributed by atoms with van der Waals surface area (Å²) in [5.74, 6) is 0.907. The van der Waals surface area contributed by atoms with Gasteiger partial charge in [-0.2, -0.15) is 0 Å². The van der Waals surface area contributed by atoms with E-state index in [9.17, 15) is 0 Å². The molecule has 0 bridgehead atoms. The number of fused-ring (bicyclic) bond motifs is 3. The fraction of sp³-hybridized carbons (Fsp3) is 0.111. The summed E-state index contributed by atoms with van der Waals surface area (Å²) in [6.07, 6.45) is 0. The number of benzene rings is 2. The number of aromatic nitrogens is 3. The van der Waals surface area contributed by atoms with Gasteiger partial charge in [0.15, 0.2) is 5.82 Å². The maximum atomic E-state index is 4.85. The monoisotopic (exact) mass is 273 g/mol. The van der Waals surface area contributed by atoms with Gasteiger partial charge in [-0.25, -0.2) is 9.97 Å². The number of hydrogen-bond acceptors (Lipinski definition) is 2. The lowest BCUT2D eigenvalue weighted by Crippen LogP contribution is -1.95. The van der Waals surface area contributed by atoms with Crippen LogP contribution in [0, 0.1) is 6.92 Å². The quantitative estimate of drug-likeness (QED) is 0.523. The fourth-order valence-electron chi connectivity index (χ4n) is 2.82. The van der Waals surface area contributed by atoms with Crippen LogP contribution in [0.3, 0.4) is 0 Å². The molecule has 0 saturated heterocycles. The summed E-state index contributed by atoms with van der Waals surface area (Å²) in [5.41, 5.74) is 4.09. The van der Waals surface area contributed by atoms with Crippen LogP contribution in [0.15, 0.2) is 54.6 Å². The third-order valence-electron chi connectivity index (χ3n) is 3.89. The zero-order valence-electron chi connectivity index (χ0n) is 12.0. The standard InChI is InChI=1S/C18H15N3/c1-12-6-5-9-15(19-12)18-20-17-14-8-4-3-7-13(14)10-11-16(17)21(18)2/h3-11H,1-2H3. The molecule has 0 saturated carbocycles. The Hall–Kier alpha value is -2.68. The first-order valence-electron chi connectivity index (χ1n) is 7.02. The number of hydrogen-bond donors (Lipinski definition) is 0. The molecular weight excluding hydrogens is 258 g/mol. The maximum Gasteiger partial charge on any atom is 0.159 e. The lowest BCUT2D eigenvalue weighted by atomic mass is 10.1. The molecule has 2 aromatic heterocycles. The van der Waals surface area contributed by atoms with E-state index in [1.807, 2.05) is 32.2 Å². The largest absolute Gasteiger partial charge is 0.326 e. The highest BCUT2D eigenvalue weighted by Gasteiger charge is 2.12. The Balaban J connectivity index is 2.08. The van der Waals surface area contributed by atoms with E-state index in [0.717, 1.165) is 28.2 Å². The molecule has 2 aromatic carbocycles. The molecule has 0 unspecified atom stereocenters. The zero-order valence-corrected chi connectivity index (χ0v) is 12.0. The minimum Gasteiger partial charge on any atom is -0.326 e. The molecule has 4 aromatic rings. The van der Waals surface area contributed by atoms with Crippen molar-refractivity contribution in [1.29, 1.82) is 0 Å². The first kappa shape index (κ1) is 12.1. The smallest absolute Gasteiger partial charge is 0.159 e. The van der Waals surface area contributed by atoms with Gasteiger partial charge in [0.05, 0.1) is 11.0 Å². The number of pyridine rings is 1. The predicted octanol–water partition coefficient (Wildman–Crippen LogP) is 4.10. The summed E-state index contributed by atoms with van der Waals surface area (Å²) in [5, 5.41) is 2.40. The molecule has 0 spiro atoms. The lowest BCUT2D eigenvalue weighted by molar-refractivity contribution is 0.947. The molecular formula is C18H15N3. The van der Waals surface area contributed by atoms with E-state index in [-0.39, 0.29) is 0 Å². The highest BCUT2D eigenvalue weighted by molar-refractivity contribution is 6.05. The Morgan fingerprint density at radius 3 is 2.57 bits per heavy atom. The number of nitrogens with zero attached hydrogens (tertiary/aromatic N) is 3. The molecule has 0 fully saturated rings. The van der Waals surface area contributed by atoms with Crippen LogP contribution < -0.4 is 0 Å². The minimum atomic E-state index is 0.907. The Labute approximate surface area is 122 Å². The summed E-state index contributed by atoms with van der Waals surface area (Å²) < 4.78 is 2.11. The van der Waals surface area contributed by atoms with Crippen molar-refractivity contribution < 1.29 is 0 Å².